The van der Waals surface area contributed by atoms with Crippen molar-refractivity contribution in [2.24, 2.45) is 0 Å². The Kier molecular flexibility index (Phi) is 5.02. The molecule has 0 aliphatic carbocycles. The molecule has 0 radical (unpaired) electrons. The summed E-state index contributed by atoms with van der Waals surface area (Å²) in [7, 11) is 0. The van der Waals surface area contributed by atoms with Crippen molar-refractivity contribution in [1.29, 1.82) is 10.5 Å². The molecular weight excluding hydrogens is 344 g/mol. The Hall–Kier alpha value is -3.55. The van der Waals surface area contributed by atoms with Gasteiger partial charge in [-0.3, -0.25) is 5.10 Å². The summed E-state index contributed by atoms with van der Waals surface area (Å²) in [4.78, 5) is 1.57. The second-order valence-electron chi connectivity index (χ2n) is 5.23. The van der Waals surface area contributed by atoms with Crippen molar-refractivity contribution >= 4 is 17.3 Å². The van der Waals surface area contributed by atoms with E-state index in [0.717, 1.165) is 20.9 Å². The van der Waals surface area contributed by atoms with Gasteiger partial charge in [0, 0.05) is 33.3 Å². The normalized spacial score (nSPS) is 12.0. The number of hydrogen-bond donors (Lipinski definition) is 1. The summed E-state index contributed by atoms with van der Waals surface area (Å²) in [5, 5.41) is 29.9. The summed E-state index contributed by atoms with van der Waals surface area (Å²) in [6.07, 6.45) is 12.1. The highest BCUT2D eigenvalue weighted by Crippen LogP contribution is 2.37. The molecule has 7 heteroatoms. The summed E-state index contributed by atoms with van der Waals surface area (Å²) < 4.78 is 1.68. The quantitative estimate of drug-likeness (QED) is 0.418. The van der Waals surface area contributed by atoms with Crippen molar-refractivity contribution in [3.8, 4) is 23.3 Å². The van der Waals surface area contributed by atoms with Gasteiger partial charge in [-0.2, -0.15) is 20.7 Å². The van der Waals surface area contributed by atoms with Crippen LogP contribution < -0.4 is 0 Å². The van der Waals surface area contributed by atoms with Gasteiger partial charge in [-0.05, 0) is 19.1 Å². The highest BCUT2D eigenvalue weighted by atomic mass is 32.2. The van der Waals surface area contributed by atoms with Gasteiger partial charge in [-0.25, -0.2) is 4.52 Å². The van der Waals surface area contributed by atoms with Gasteiger partial charge in [-0.15, -0.1) is 0 Å². The molecule has 0 fully saturated rings. The lowest BCUT2D eigenvalue weighted by Crippen LogP contribution is -1.93. The van der Waals surface area contributed by atoms with Crippen molar-refractivity contribution in [2.45, 2.75) is 11.8 Å². The lowest BCUT2D eigenvalue weighted by atomic mass is 10.1. The van der Waals surface area contributed by atoms with Crippen molar-refractivity contribution in [1.82, 2.24) is 19.8 Å². The smallest absolute Gasteiger partial charge is 0.103 e. The molecule has 0 atom stereocenters. The van der Waals surface area contributed by atoms with E-state index in [0.29, 0.717) is 16.7 Å². The molecule has 0 saturated heterocycles. The van der Waals surface area contributed by atoms with Gasteiger partial charge >= 0.3 is 0 Å². The molecule has 0 spiro atoms. The first-order valence-corrected chi connectivity index (χ1v) is 8.51. The summed E-state index contributed by atoms with van der Waals surface area (Å²) in [6.45, 7) is 5.54. The van der Waals surface area contributed by atoms with Crippen molar-refractivity contribution in [3.05, 3.63) is 71.7 Å². The molecule has 26 heavy (non-hydrogen) atoms. The van der Waals surface area contributed by atoms with Crippen LogP contribution in [0, 0.1) is 22.7 Å². The molecule has 3 aromatic heterocycles. The van der Waals surface area contributed by atoms with E-state index in [2.05, 4.69) is 34.0 Å². The van der Waals surface area contributed by atoms with Gasteiger partial charge in [0.15, 0.2) is 0 Å². The number of rotatable bonds is 5. The number of aromatic nitrogens is 4. The van der Waals surface area contributed by atoms with Crippen LogP contribution in [0.5, 0.6) is 0 Å². The Morgan fingerprint density at radius 1 is 1.35 bits per heavy atom. The van der Waals surface area contributed by atoms with Gasteiger partial charge in [0.1, 0.15) is 6.07 Å². The van der Waals surface area contributed by atoms with E-state index in [-0.39, 0.29) is 0 Å². The first kappa shape index (κ1) is 17.3. The minimum Gasteiger partial charge on any atom is -0.285 e. The highest BCUT2D eigenvalue weighted by Gasteiger charge is 2.15. The molecule has 126 valence electrons. The molecule has 0 aliphatic heterocycles. The molecule has 3 rings (SSSR count). The molecule has 3 aromatic rings. The van der Waals surface area contributed by atoms with E-state index in [1.54, 1.807) is 35.1 Å². The SMILES string of the molecule is C=C/C=C(Sc1cc(-c2cn[nH]c2)cn2ncc(C#N)c12)\C(C#N)=C/C. The zero-order valence-corrected chi connectivity index (χ0v) is 14.8. The number of thioether (sulfide) groups is 1. The molecule has 0 amide bonds. The number of allylic oxidation sites excluding steroid dienone is 4. The topological polar surface area (TPSA) is 93.6 Å². The van der Waals surface area contributed by atoms with Crippen molar-refractivity contribution in [2.75, 3.05) is 0 Å². The number of pyridine rings is 1. The van der Waals surface area contributed by atoms with Crippen LogP contribution in [-0.2, 0) is 0 Å². The molecule has 0 aliphatic rings. The van der Waals surface area contributed by atoms with Crippen LogP contribution in [0.25, 0.3) is 16.6 Å². The van der Waals surface area contributed by atoms with Gasteiger partial charge in [-0.1, -0.05) is 30.5 Å². The third kappa shape index (κ3) is 3.16. The van der Waals surface area contributed by atoms with Gasteiger partial charge in [0.05, 0.1) is 35.1 Å². The lowest BCUT2D eigenvalue weighted by Gasteiger charge is -2.10. The van der Waals surface area contributed by atoms with E-state index < -0.39 is 0 Å². The molecule has 0 bridgehead atoms. The fraction of sp³-hybridized carbons (Fsp3) is 0.0526. The van der Waals surface area contributed by atoms with Crippen LogP contribution in [0.1, 0.15) is 12.5 Å². The number of hydrogen-bond acceptors (Lipinski definition) is 5. The number of nitrogens with one attached hydrogen (secondary N) is 1. The molecule has 0 unspecified atom stereocenters. The Labute approximate surface area is 154 Å². The van der Waals surface area contributed by atoms with Crippen LogP contribution >= 0.6 is 11.8 Å². The number of H-pyrrole nitrogens is 1. The minimum absolute atomic E-state index is 0.475. The maximum absolute atomic E-state index is 9.42. The largest absolute Gasteiger partial charge is 0.285 e. The minimum atomic E-state index is 0.475. The van der Waals surface area contributed by atoms with Crippen molar-refractivity contribution < 1.29 is 0 Å². The fourth-order valence-electron chi connectivity index (χ4n) is 2.48. The number of nitrogens with zero attached hydrogens (tertiary/aromatic N) is 5. The molecular formula is C19H14N6S. The zero-order chi connectivity index (χ0) is 18.5. The predicted octanol–water partition coefficient (Wildman–Crippen LogP) is 4.23. The average molecular weight is 358 g/mol. The third-order valence-electron chi connectivity index (χ3n) is 3.69. The van der Waals surface area contributed by atoms with Crippen LogP contribution in [0.15, 0.2) is 71.0 Å². The van der Waals surface area contributed by atoms with E-state index in [9.17, 15) is 10.5 Å². The second kappa shape index (κ2) is 7.56. The monoisotopic (exact) mass is 358 g/mol. The Morgan fingerprint density at radius 2 is 2.19 bits per heavy atom. The predicted molar refractivity (Wildman–Crippen MR) is 101 cm³/mol. The summed E-state index contributed by atoms with van der Waals surface area (Å²) in [5.41, 5.74) is 3.53. The summed E-state index contributed by atoms with van der Waals surface area (Å²) >= 11 is 1.40. The molecule has 0 aromatic carbocycles. The van der Waals surface area contributed by atoms with Crippen LogP contribution in [-0.4, -0.2) is 19.8 Å². The average Bonchev–Trinajstić information content (AvgIpc) is 3.32. The Balaban J connectivity index is 2.21. The van der Waals surface area contributed by atoms with E-state index >= 15 is 0 Å². The van der Waals surface area contributed by atoms with E-state index in [4.69, 9.17) is 0 Å². The number of nitriles is 2. The maximum Gasteiger partial charge on any atom is 0.103 e. The molecule has 3 heterocycles. The Morgan fingerprint density at radius 3 is 2.81 bits per heavy atom. The van der Waals surface area contributed by atoms with Gasteiger partial charge in [0.2, 0.25) is 0 Å². The third-order valence-corrected chi connectivity index (χ3v) is 4.80. The van der Waals surface area contributed by atoms with Crippen LogP contribution in [0.2, 0.25) is 0 Å². The van der Waals surface area contributed by atoms with E-state index in [1.165, 1.54) is 18.0 Å². The number of aromatic amines is 1. The fourth-order valence-corrected chi connectivity index (χ4v) is 3.64. The van der Waals surface area contributed by atoms with Crippen LogP contribution in [0.4, 0.5) is 0 Å². The number of fused-ring (bicyclic) bond motifs is 1. The zero-order valence-electron chi connectivity index (χ0n) is 14.0. The Bertz CT molecular complexity index is 1100. The van der Waals surface area contributed by atoms with Gasteiger partial charge in [0.25, 0.3) is 0 Å². The summed E-state index contributed by atoms with van der Waals surface area (Å²) in [5.74, 6) is 0. The molecule has 6 nitrogen and oxygen atoms in total. The van der Waals surface area contributed by atoms with E-state index in [1.807, 2.05) is 19.2 Å². The second-order valence-corrected chi connectivity index (χ2v) is 6.31. The first-order valence-electron chi connectivity index (χ1n) is 7.69. The van der Waals surface area contributed by atoms with Gasteiger partial charge < -0.3 is 0 Å². The van der Waals surface area contributed by atoms with Crippen molar-refractivity contribution in [3.63, 3.8) is 0 Å². The van der Waals surface area contributed by atoms with Crippen LogP contribution in [0.3, 0.4) is 0 Å². The standard InChI is InChI=1S/C19H14N6S/c1-3-5-17(13(4-2)7-20)26-18-6-14(16-9-22-23-10-16)12-25-19(18)15(8-21)11-24-25/h3-6,9-12H,1H2,2H3,(H,22,23)/b13-4-,17-5+. The summed E-state index contributed by atoms with van der Waals surface area (Å²) in [6, 6.07) is 6.33. The molecule has 1 N–H and O–H groups in total. The maximum atomic E-state index is 9.42. The lowest BCUT2D eigenvalue weighted by molar-refractivity contribution is 0.951. The molecule has 0 saturated carbocycles. The first-order chi connectivity index (χ1) is 12.7. The highest BCUT2D eigenvalue weighted by molar-refractivity contribution is 8.03.